The molecule has 1 heteroatoms. The van der Waals surface area contributed by atoms with Crippen LogP contribution in [0.25, 0.3) is 11.1 Å². The standard InChI is InChI=1S/C21H17N/c1-2-8-16(9-3-1)14-15-22-21-19-12-6-4-10-17(19)18-11-5-7-13-20(18)21/h1-13H,14-15H2. The molecule has 0 radical (unpaired) electrons. The molecule has 0 bridgehead atoms. The van der Waals surface area contributed by atoms with Gasteiger partial charge in [0, 0.05) is 17.7 Å². The third-order valence-corrected chi connectivity index (χ3v) is 4.17. The van der Waals surface area contributed by atoms with Crippen molar-refractivity contribution in [2.24, 2.45) is 4.99 Å². The summed E-state index contributed by atoms with van der Waals surface area (Å²) < 4.78 is 0. The summed E-state index contributed by atoms with van der Waals surface area (Å²) in [6, 6.07) is 27.7. The second kappa shape index (κ2) is 5.61. The van der Waals surface area contributed by atoms with Crippen molar-refractivity contribution in [1.29, 1.82) is 0 Å². The molecule has 0 heterocycles. The Morgan fingerprint density at radius 3 is 1.64 bits per heavy atom. The molecule has 1 nitrogen and oxygen atoms in total. The molecule has 0 atom stereocenters. The zero-order valence-corrected chi connectivity index (χ0v) is 12.4. The zero-order valence-electron chi connectivity index (χ0n) is 12.4. The lowest BCUT2D eigenvalue weighted by Gasteiger charge is -2.03. The van der Waals surface area contributed by atoms with Crippen molar-refractivity contribution < 1.29 is 0 Å². The molecule has 0 aliphatic heterocycles. The predicted molar refractivity (Wildman–Crippen MR) is 92.5 cm³/mol. The summed E-state index contributed by atoms with van der Waals surface area (Å²) in [5.74, 6) is 0. The SMILES string of the molecule is c1ccc(CCN=C2c3ccccc3-c3ccccc32)cc1. The van der Waals surface area contributed by atoms with Crippen LogP contribution >= 0.6 is 0 Å². The third kappa shape index (κ3) is 2.25. The van der Waals surface area contributed by atoms with Crippen LogP contribution in [0.4, 0.5) is 0 Å². The van der Waals surface area contributed by atoms with Crippen LogP contribution in [0.2, 0.25) is 0 Å². The van der Waals surface area contributed by atoms with Crippen molar-refractivity contribution >= 4 is 5.71 Å². The molecule has 0 N–H and O–H groups in total. The van der Waals surface area contributed by atoms with Gasteiger partial charge in [-0.15, -0.1) is 0 Å². The van der Waals surface area contributed by atoms with E-state index in [-0.39, 0.29) is 0 Å². The van der Waals surface area contributed by atoms with E-state index < -0.39 is 0 Å². The monoisotopic (exact) mass is 283 g/mol. The van der Waals surface area contributed by atoms with Crippen LogP contribution in [0.3, 0.4) is 0 Å². The highest BCUT2D eigenvalue weighted by Crippen LogP contribution is 2.36. The number of nitrogens with zero attached hydrogens (tertiary/aromatic N) is 1. The van der Waals surface area contributed by atoms with Gasteiger partial charge in [0.05, 0.1) is 5.71 Å². The summed E-state index contributed by atoms with van der Waals surface area (Å²) >= 11 is 0. The maximum Gasteiger partial charge on any atom is 0.0731 e. The van der Waals surface area contributed by atoms with E-state index in [0.717, 1.165) is 18.7 Å². The van der Waals surface area contributed by atoms with Gasteiger partial charge >= 0.3 is 0 Å². The zero-order chi connectivity index (χ0) is 14.8. The number of rotatable bonds is 3. The molecule has 0 saturated heterocycles. The fraction of sp³-hybridized carbons (Fsp3) is 0.0952. The van der Waals surface area contributed by atoms with Gasteiger partial charge in [0.25, 0.3) is 0 Å². The minimum atomic E-state index is 0.821. The summed E-state index contributed by atoms with van der Waals surface area (Å²) in [5, 5.41) is 0. The molecule has 0 saturated carbocycles. The molecule has 0 unspecified atom stereocenters. The minimum absolute atomic E-state index is 0.821. The van der Waals surface area contributed by atoms with Crippen LogP contribution < -0.4 is 0 Å². The van der Waals surface area contributed by atoms with Crippen molar-refractivity contribution in [3.8, 4) is 11.1 Å². The van der Waals surface area contributed by atoms with Crippen LogP contribution in [0, 0.1) is 0 Å². The Kier molecular flexibility index (Phi) is 3.32. The molecule has 22 heavy (non-hydrogen) atoms. The Morgan fingerprint density at radius 1 is 0.545 bits per heavy atom. The molecular formula is C21H17N. The van der Waals surface area contributed by atoms with Crippen molar-refractivity contribution in [3.63, 3.8) is 0 Å². The van der Waals surface area contributed by atoms with Gasteiger partial charge in [0.1, 0.15) is 0 Å². The Morgan fingerprint density at radius 2 is 1.05 bits per heavy atom. The van der Waals surface area contributed by atoms with E-state index in [1.807, 2.05) is 0 Å². The fourth-order valence-corrected chi connectivity index (χ4v) is 3.11. The lowest BCUT2D eigenvalue weighted by molar-refractivity contribution is 0.969. The topological polar surface area (TPSA) is 12.4 Å². The van der Waals surface area contributed by atoms with E-state index >= 15 is 0 Å². The maximum atomic E-state index is 4.92. The Hall–Kier alpha value is -2.67. The molecule has 1 aliphatic carbocycles. The average molecular weight is 283 g/mol. The normalized spacial score (nSPS) is 11.9. The Labute approximate surface area is 131 Å². The number of benzene rings is 3. The second-order valence-electron chi connectivity index (χ2n) is 5.56. The lowest BCUT2D eigenvalue weighted by atomic mass is 10.1. The molecule has 3 aromatic carbocycles. The molecule has 0 amide bonds. The first-order valence-corrected chi connectivity index (χ1v) is 7.71. The summed E-state index contributed by atoms with van der Waals surface area (Å²) in [5.41, 5.74) is 7.61. The number of hydrogen-bond acceptors (Lipinski definition) is 1. The van der Waals surface area contributed by atoms with Crippen molar-refractivity contribution in [2.75, 3.05) is 6.54 Å². The second-order valence-corrected chi connectivity index (χ2v) is 5.56. The first-order chi connectivity index (χ1) is 10.9. The minimum Gasteiger partial charge on any atom is -0.284 e. The van der Waals surface area contributed by atoms with Gasteiger partial charge < -0.3 is 0 Å². The molecule has 0 spiro atoms. The van der Waals surface area contributed by atoms with Crippen LogP contribution in [-0.4, -0.2) is 12.3 Å². The average Bonchev–Trinajstić information content (AvgIpc) is 2.91. The smallest absolute Gasteiger partial charge is 0.0731 e. The van der Waals surface area contributed by atoms with E-state index in [1.165, 1.54) is 27.8 Å². The summed E-state index contributed by atoms with van der Waals surface area (Å²) in [7, 11) is 0. The van der Waals surface area contributed by atoms with E-state index in [1.54, 1.807) is 0 Å². The van der Waals surface area contributed by atoms with Gasteiger partial charge in [0.2, 0.25) is 0 Å². The van der Waals surface area contributed by atoms with Crippen molar-refractivity contribution in [2.45, 2.75) is 6.42 Å². The highest BCUT2D eigenvalue weighted by molar-refractivity contribution is 6.24. The first kappa shape index (κ1) is 13.0. The quantitative estimate of drug-likeness (QED) is 0.514. The number of hydrogen-bond donors (Lipinski definition) is 0. The summed E-state index contributed by atoms with van der Waals surface area (Å²) in [6.07, 6.45) is 0.981. The fourth-order valence-electron chi connectivity index (χ4n) is 3.11. The highest BCUT2D eigenvalue weighted by atomic mass is 14.7. The van der Waals surface area contributed by atoms with Crippen LogP contribution in [0.15, 0.2) is 83.9 Å². The van der Waals surface area contributed by atoms with E-state index in [0.29, 0.717) is 0 Å². The Balaban J connectivity index is 1.68. The summed E-state index contributed by atoms with van der Waals surface area (Å²) in [6.45, 7) is 0.821. The molecule has 1 aliphatic rings. The predicted octanol–water partition coefficient (Wildman–Crippen LogP) is 4.75. The molecule has 106 valence electrons. The van der Waals surface area contributed by atoms with Crippen molar-refractivity contribution in [1.82, 2.24) is 0 Å². The van der Waals surface area contributed by atoms with Crippen molar-refractivity contribution in [3.05, 3.63) is 95.6 Å². The van der Waals surface area contributed by atoms with Gasteiger partial charge in [-0.2, -0.15) is 0 Å². The highest BCUT2D eigenvalue weighted by Gasteiger charge is 2.23. The molecule has 3 aromatic rings. The van der Waals surface area contributed by atoms with Gasteiger partial charge in [0.15, 0.2) is 0 Å². The van der Waals surface area contributed by atoms with E-state index in [2.05, 4.69) is 78.9 Å². The number of aliphatic imine (C=N–C) groups is 1. The lowest BCUT2D eigenvalue weighted by Crippen LogP contribution is -2.01. The van der Waals surface area contributed by atoms with Crippen LogP contribution in [-0.2, 0) is 6.42 Å². The van der Waals surface area contributed by atoms with Crippen LogP contribution in [0.5, 0.6) is 0 Å². The van der Waals surface area contributed by atoms with Gasteiger partial charge in [-0.3, -0.25) is 4.99 Å². The molecule has 0 aromatic heterocycles. The molecule has 4 rings (SSSR count). The molecular weight excluding hydrogens is 266 g/mol. The van der Waals surface area contributed by atoms with E-state index in [4.69, 9.17) is 4.99 Å². The van der Waals surface area contributed by atoms with E-state index in [9.17, 15) is 0 Å². The first-order valence-electron chi connectivity index (χ1n) is 7.71. The molecule has 0 fully saturated rings. The largest absolute Gasteiger partial charge is 0.284 e. The van der Waals surface area contributed by atoms with Gasteiger partial charge in [-0.1, -0.05) is 78.9 Å². The number of fused-ring (bicyclic) bond motifs is 3. The Bertz CT molecular complexity index is 784. The van der Waals surface area contributed by atoms with Gasteiger partial charge in [-0.25, -0.2) is 0 Å². The maximum absolute atomic E-state index is 4.92. The summed E-state index contributed by atoms with van der Waals surface area (Å²) in [4.78, 5) is 4.92. The van der Waals surface area contributed by atoms with Gasteiger partial charge in [-0.05, 0) is 23.1 Å². The third-order valence-electron chi connectivity index (χ3n) is 4.17. The van der Waals surface area contributed by atoms with Crippen LogP contribution in [0.1, 0.15) is 16.7 Å².